The first-order valence-electron chi connectivity index (χ1n) is 8.43. The lowest BCUT2D eigenvalue weighted by Crippen LogP contribution is -2.38. The number of hydrogen-bond acceptors (Lipinski definition) is 3. The van der Waals surface area contributed by atoms with Crippen LogP contribution in [0.3, 0.4) is 0 Å². The summed E-state index contributed by atoms with van der Waals surface area (Å²) in [6.45, 7) is 1.69. The molecule has 0 saturated heterocycles. The first-order chi connectivity index (χ1) is 11.1. The fourth-order valence-corrected chi connectivity index (χ4v) is 2.92. The zero-order chi connectivity index (χ0) is 16.7. The molecule has 1 aromatic carbocycles. The van der Waals surface area contributed by atoms with Gasteiger partial charge in [0.1, 0.15) is 11.9 Å². The summed E-state index contributed by atoms with van der Waals surface area (Å²) in [5, 5.41) is 12.6. The van der Waals surface area contributed by atoms with E-state index >= 15 is 0 Å². The van der Waals surface area contributed by atoms with Crippen molar-refractivity contribution in [2.45, 2.75) is 63.8 Å². The van der Waals surface area contributed by atoms with Crippen LogP contribution in [-0.4, -0.2) is 29.8 Å². The maximum atomic E-state index is 13.6. The summed E-state index contributed by atoms with van der Waals surface area (Å²) in [7, 11) is 0. The van der Waals surface area contributed by atoms with Crippen LogP contribution in [0.15, 0.2) is 24.3 Å². The molecule has 2 N–H and O–H groups in total. The van der Waals surface area contributed by atoms with Crippen molar-refractivity contribution in [3.8, 4) is 0 Å². The number of carbonyl (C=O) groups is 1. The second kappa shape index (κ2) is 8.99. The van der Waals surface area contributed by atoms with Crippen LogP contribution in [-0.2, 0) is 9.53 Å². The van der Waals surface area contributed by atoms with Crippen LogP contribution in [0.5, 0.6) is 0 Å². The van der Waals surface area contributed by atoms with Gasteiger partial charge in [-0.3, -0.25) is 4.79 Å². The molecule has 128 valence electrons. The van der Waals surface area contributed by atoms with Crippen LogP contribution in [0.1, 0.15) is 57.1 Å². The molecule has 0 bridgehead atoms. The standard InChI is InChI=1S/C18H26FNO3/c1-13(23-14-8-4-2-3-5-9-14)18(22)20-12-17(21)15-10-6-7-11-16(15)19/h6-7,10-11,13-14,17,21H,2-5,8-9,12H2,1H3,(H,20,22). The Balaban J connectivity index is 1.78. The number of rotatable bonds is 6. The van der Waals surface area contributed by atoms with E-state index in [-0.39, 0.29) is 24.1 Å². The molecule has 1 aliphatic rings. The van der Waals surface area contributed by atoms with Gasteiger partial charge in [0.25, 0.3) is 0 Å². The average Bonchev–Trinajstić information content (AvgIpc) is 2.81. The third kappa shape index (κ3) is 5.59. The van der Waals surface area contributed by atoms with E-state index in [0.717, 1.165) is 25.7 Å². The second-order valence-corrected chi connectivity index (χ2v) is 6.17. The fourth-order valence-electron chi connectivity index (χ4n) is 2.92. The maximum Gasteiger partial charge on any atom is 0.248 e. The van der Waals surface area contributed by atoms with Gasteiger partial charge in [-0.05, 0) is 25.8 Å². The van der Waals surface area contributed by atoms with Gasteiger partial charge < -0.3 is 15.2 Å². The number of halogens is 1. The van der Waals surface area contributed by atoms with Crippen LogP contribution in [0.2, 0.25) is 0 Å². The van der Waals surface area contributed by atoms with Gasteiger partial charge in [-0.25, -0.2) is 4.39 Å². The van der Waals surface area contributed by atoms with E-state index in [0.29, 0.717) is 0 Å². The summed E-state index contributed by atoms with van der Waals surface area (Å²) in [6.07, 6.45) is 5.25. The SMILES string of the molecule is CC(OC1CCCCCC1)C(=O)NCC(O)c1ccccc1F. The third-order valence-corrected chi connectivity index (χ3v) is 4.30. The summed E-state index contributed by atoms with van der Waals surface area (Å²) >= 11 is 0. The van der Waals surface area contributed by atoms with Crippen LogP contribution in [0.4, 0.5) is 4.39 Å². The van der Waals surface area contributed by atoms with E-state index in [1.54, 1.807) is 19.1 Å². The molecule has 1 amide bonds. The Labute approximate surface area is 137 Å². The van der Waals surface area contributed by atoms with Gasteiger partial charge >= 0.3 is 0 Å². The average molecular weight is 323 g/mol. The van der Waals surface area contributed by atoms with Gasteiger partial charge in [-0.1, -0.05) is 43.9 Å². The zero-order valence-electron chi connectivity index (χ0n) is 13.6. The van der Waals surface area contributed by atoms with Crippen molar-refractivity contribution in [2.75, 3.05) is 6.54 Å². The molecule has 0 radical (unpaired) electrons. The highest BCUT2D eigenvalue weighted by molar-refractivity contribution is 5.80. The summed E-state index contributed by atoms with van der Waals surface area (Å²) in [6, 6.07) is 6.02. The monoisotopic (exact) mass is 323 g/mol. The normalized spacial score (nSPS) is 18.9. The van der Waals surface area contributed by atoms with Crippen molar-refractivity contribution >= 4 is 5.91 Å². The second-order valence-electron chi connectivity index (χ2n) is 6.17. The van der Waals surface area contributed by atoms with Crippen LogP contribution in [0.25, 0.3) is 0 Å². The summed E-state index contributed by atoms with van der Waals surface area (Å²) in [5.41, 5.74) is 0.185. The first-order valence-corrected chi connectivity index (χ1v) is 8.43. The Morgan fingerprint density at radius 2 is 1.96 bits per heavy atom. The third-order valence-electron chi connectivity index (χ3n) is 4.30. The smallest absolute Gasteiger partial charge is 0.248 e. The minimum atomic E-state index is -1.06. The highest BCUT2D eigenvalue weighted by Gasteiger charge is 2.21. The number of carbonyl (C=O) groups excluding carboxylic acids is 1. The molecule has 1 fully saturated rings. The lowest BCUT2D eigenvalue weighted by molar-refractivity contribution is -0.136. The van der Waals surface area contributed by atoms with Gasteiger partial charge in [0.05, 0.1) is 12.2 Å². The molecule has 5 heteroatoms. The van der Waals surface area contributed by atoms with Crippen LogP contribution in [0, 0.1) is 5.82 Å². The summed E-state index contributed by atoms with van der Waals surface area (Å²) in [5.74, 6) is -0.748. The van der Waals surface area contributed by atoms with Gasteiger partial charge in [-0.2, -0.15) is 0 Å². The number of aliphatic hydroxyl groups excluding tert-OH is 1. The minimum absolute atomic E-state index is 0.0296. The van der Waals surface area contributed by atoms with Gasteiger partial charge in [0, 0.05) is 12.1 Å². The van der Waals surface area contributed by atoms with Crippen molar-refractivity contribution in [1.29, 1.82) is 0 Å². The Kier molecular flexibility index (Phi) is 6.99. The molecule has 1 aromatic rings. The molecule has 4 nitrogen and oxygen atoms in total. The number of aliphatic hydroxyl groups is 1. The summed E-state index contributed by atoms with van der Waals surface area (Å²) < 4.78 is 19.4. The molecule has 2 unspecified atom stereocenters. The van der Waals surface area contributed by atoms with Gasteiger partial charge in [0.15, 0.2) is 0 Å². The minimum Gasteiger partial charge on any atom is -0.386 e. The lowest BCUT2D eigenvalue weighted by Gasteiger charge is -2.21. The predicted molar refractivity (Wildman–Crippen MR) is 86.4 cm³/mol. The molecule has 0 spiro atoms. The molecule has 1 aliphatic carbocycles. The first kappa shape index (κ1) is 17.9. The van der Waals surface area contributed by atoms with E-state index in [1.807, 2.05) is 0 Å². The highest BCUT2D eigenvalue weighted by Crippen LogP contribution is 2.21. The maximum absolute atomic E-state index is 13.6. The quantitative estimate of drug-likeness (QED) is 0.791. The molecule has 2 rings (SSSR count). The number of amides is 1. The Bertz CT molecular complexity index is 501. The number of benzene rings is 1. The topological polar surface area (TPSA) is 58.6 Å². The van der Waals surface area contributed by atoms with Crippen molar-refractivity contribution in [3.05, 3.63) is 35.6 Å². The molecule has 2 atom stereocenters. The van der Waals surface area contributed by atoms with Gasteiger partial charge in [-0.15, -0.1) is 0 Å². The lowest BCUT2D eigenvalue weighted by atomic mass is 10.1. The van der Waals surface area contributed by atoms with Crippen molar-refractivity contribution in [3.63, 3.8) is 0 Å². The summed E-state index contributed by atoms with van der Waals surface area (Å²) in [4.78, 5) is 12.1. The van der Waals surface area contributed by atoms with Crippen molar-refractivity contribution in [1.82, 2.24) is 5.32 Å². The highest BCUT2D eigenvalue weighted by atomic mass is 19.1. The number of nitrogens with one attached hydrogen (secondary N) is 1. The van der Waals surface area contributed by atoms with Crippen molar-refractivity contribution < 1.29 is 19.0 Å². The van der Waals surface area contributed by atoms with Gasteiger partial charge in [0.2, 0.25) is 5.91 Å². The van der Waals surface area contributed by atoms with E-state index < -0.39 is 18.0 Å². The van der Waals surface area contributed by atoms with Crippen molar-refractivity contribution in [2.24, 2.45) is 0 Å². The molecule has 0 aromatic heterocycles. The largest absolute Gasteiger partial charge is 0.386 e. The number of hydrogen-bond donors (Lipinski definition) is 2. The van der Waals surface area contributed by atoms with Crippen LogP contribution >= 0.6 is 0 Å². The van der Waals surface area contributed by atoms with Crippen LogP contribution < -0.4 is 5.32 Å². The molecule has 0 heterocycles. The molecular formula is C18H26FNO3. The van der Waals surface area contributed by atoms with E-state index in [1.165, 1.54) is 25.0 Å². The Hall–Kier alpha value is -1.46. The van der Waals surface area contributed by atoms with E-state index in [2.05, 4.69) is 5.32 Å². The van der Waals surface area contributed by atoms with E-state index in [9.17, 15) is 14.3 Å². The molecule has 23 heavy (non-hydrogen) atoms. The van der Waals surface area contributed by atoms with E-state index in [4.69, 9.17) is 4.74 Å². The number of ether oxygens (including phenoxy) is 1. The predicted octanol–water partition coefficient (Wildman–Crippen LogP) is 3.10. The molecule has 0 aliphatic heterocycles. The molecular weight excluding hydrogens is 297 g/mol. The molecule has 1 saturated carbocycles. The Morgan fingerprint density at radius 1 is 1.30 bits per heavy atom. The Morgan fingerprint density at radius 3 is 2.61 bits per heavy atom. The zero-order valence-corrected chi connectivity index (χ0v) is 13.6. The fraction of sp³-hybridized carbons (Fsp3) is 0.611.